The van der Waals surface area contributed by atoms with Crippen LogP contribution in [0.15, 0.2) is 29.4 Å². The van der Waals surface area contributed by atoms with Crippen molar-refractivity contribution in [3.8, 4) is 17.1 Å². The SMILES string of the molecule is CCn1c(SCC(=O)Nc2sc3c(c2C(=O)OC)CCC3)nnc1-c1ccccc1OC. The molecular weight excluding hydrogens is 448 g/mol. The van der Waals surface area contributed by atoms with Gasteiger partial charge in [0.05, 0.1) is 31.1 Å². The van der Waals surface area contributed by atoms with Crippen LogP contribution in [-0.2, 0) is 28.9 Å². The number of para-hydroxylation sites is 1. The van der Waals surface area contributed by atoms with E-state index in [0.29, 0.717) is 33.8 Å². The molecule has 1 aliphatic carbocycles. The highest BCUT2D eigenvalue weighted by atomic mass is 32.2. The van der Waals surface area contributed by atoms with Crippen LogP contribution in [0.2, 0.25) is 0 Å². The van der Waals surface area contributed by atoms with E-state index in [1.807, 2.05) is 35.8 Å². The molecule has 0 aliphatic heterocycles. The molecule has 10 heteroatoms. The number of nitrogens with zero attached hydrogens (tertiary/aromatic N) is 3. The number of nitrogens with one attached hydrogen (secondary N) is 1. The number of carbonyl (C=O) groups excluding carboxylic acids is 2. The average Bonchev–Trinajstić information content (AvgIpc) is 3.51. The second-order valence-corrected chi connectivity index (χ2v) is 9.19. The van der Waals surface area contributed by atoms with Crippen LogP contribution in [0.4, 0.5) is 5.00 Å². The Balaban J connectivity index is 1.49. The van der Waals surface area contributed by atoms with Crippen molar-refractivity contribution >= 4 is 40.0 Å². The predicted octanol–water partition coefficient (Wildman–Crippen LogP) is 4.04. The van der Waals surface area contributed by atoms with Gasteiger partial charge < -0.3 is 19.4 Å². The Morgan fingerprint density at radius 2 is 2.03 bits per heavy atom. The van der Waals surface area contributed by atoms with Crippen molar-refractivity contribution in [1.82, 2.24) is 14.8 Å². The van der Waals surface area contributed by atoms with Gasteiger partial charge in [-0.3, -0.25) is 4.79 Å². The molecule has 0 spiro atoms. The van der Waals surface area contributed by atoms with Crippen molar-refractivity contribution in [3.05, 3.63) is 40.3 Å². The van der Waals surface area contributed by atoms with E-state index in [4.69, 9.17) is 9.47 Å². The molecule has 0 saturated carbocycles. The number of thioether (sulfide) groups is 1. The summed E-state index contributed by atoms with van der Waals surface area (Å²) in [6, 6.07) is 7.63. The van der Waals surface area contributed by atoms with Crippen LogP contribution >= 0.6 is 23.1 Å². The molecular formula is C22H24N4O4S2. The number of carbonyl (C=O) groups is 2. The number of rotatable bonds is 8. The normalized spacial score (nSPS) is 12.5. The Morgan fingerprint density at radius 1 is 1.22 bits per heavy atom. The van der Waals surface area contributed by atoms with E-state index in [9.17, 15) is 9.59 Å². The second-order valence-electron chi connectivity index (χ2n) is 7.14. The molecule has 0 fully saturated rings. The number of fused-ring (bicyclic) bond motifs is 1. The molecule has 0 atom stereocenters. The Morgan fingerprint density at radius 3 is 2.78 bits per heavy atom. The fourth-order valence-corrected chi connectivity index (χ4v) is 5.91. The molecule has 1 aliphatic rings. The van der Waals surface area contributed by atoms with Gasteiger partial charge in [0.2, 0.25) is 5.91 Å². The highest BCUT2D eigenvalue weighted by Crippen LogP contribution is 2.39. The lowest BCUT2D eigenvalue weighted by atomic mass is 10.1. The van der Waals surface area contributed by atoms with Crippen molar-refractivity contribution in [1.29, 1.82) is 0 Å². The molecule has 2 aromatic heterocycles. The first-order valence-corrected chi connectivity index (χ1v) is 12.1. The maximum atomic E-state index is 12.7. The van der Waals surface area contributed by atoms with Crippen LogP contribution < -0.4 is 10.1 Å². The maximum absolute atomic E-state index is 12.7. The number of aromatic nitrogens is 3. The van der Waals surface area contributed by atoms with Gasteiger partial charge in [-0.2, -0.15) is 0 Å². The summed E-state index contributed by atoms with van der Waals surface area (Å²) in [6.45, 7) is 2.65. The molecule has 8 nitrogen and oxygen atoms in total. The first-order chi connectivity index (χ1) is 15.6. The Bertz CT molecular complexity index is 1160. The number of esters is 1. The first-order valence-electron chi connectivity index (χ1n) is 10.3. The van der Waals surface area contributed by atoms with Crippen LogP contribution in [0.3, 0.4) is 0 Å². The minimum Gasteiger partial charge on any atom is -0.496 e. The van der Waals surface area contributed by atoms with Crippen molar-refractivity contribution < 1.29 is 19.1 Å². The number of hydrogen-bond donors (Lipinski definition) is 1. The third-order valence-electron chi connectivity index (χ3n) is 5.28. The average molecular weight is 473 g/mol. The van der Waals surface area contributed by atoms with Gasteiger partial charge in [0.25, 0.3) is 0 Å². The lowest BCUT2D eigenvalue weighted by Gasteiger charge is -2.10. The summed E-state index contributed by atoms with van der Waals surface area (Å²) in [4.78, 5) is 26.1. The summed E-state index contributed by atoms with van der Waals surface area (Å²) >= 11 is 2.77. The zero-order chi connectivity index (χ0) is 22.7. The molecule has 0 bridgehead atoms. The topological polar surface area (TPSA) is 95.3 Å². The predicted molar refractivity (Wildman–Crippen MR) is 125 cm³/mol. The maximum Gasteiger partial charge on any atom is 0.341 e. The number of anilines is 1. The smallest absolute Gasteiger partial charge is 0.341 e. The van der Waals surface area contributed by atoms with Crippen LogP contribution in [0.5, 0.6) is 5.75 Å². The van der Waals surface area contributed by atoms with Crippen LogP contribution in [0.1, 0.15) is 34.1 Å². The zero-order valence-corrected chi connectivity index (χ0v) is 19.8. The van der Waals surface area contributed by atoms with Crippen molar-refractivity contribution in [2.45, 2.75) is 37.9 Å². The quantitative estimate of drug-likeness (QED) is 0.390. The van der Waals surface area contributed by atoms with E-state index in [0.717, 1.165) is 35.3 Å². The van der Waals surface area contributed by atoms with Crippen LogP contribution in [0.25, 0.3) is 11.4 Å². The molecule has 1 amide bonds. The van der Waals surface area contributed by atoms with Crippen molar-refractivity contribution in [3.63, 3.8) is 0 Å². The lowest BCUT2D eigenvalue weighted by molar-refractivity contribution is -0.113. The lowest BCUT2D eigenvalue weighted by Crippen LogP contribution is -2.16. The molecule has 168 valence electrons. The number of amides is 1. The molecule has 4 rings (SSSR count). The third-order valence-corrected chi connectivity index (χ3v) is 7.45. The van der Waals surface area contributed by atoms with Gasteiger partial charge in [-0.05, 0) is 43.9 Å². The van der Waals surface area contributed by atoms with E-state index in [-0.39, 0.29) is 11.7 Å². The first kappa shape index (κ1) is 22.3. The largest absolute Gasteiger partial charge is 0.496 e. The van der Waals surface area contributed by atoms with Crippen LogP contribution in [0, 0.1) is 0 Å². The highest BCUT2D eigenvalue weighted by molar-refractivity contribution is 7.99. The van der Waals surface area contributed by atoms with E-state index in [2.05, 4.69) is 15.5 Å². The minimum absolute atomic E-state index is 0.146. The summed E-state index contributed by atoms with van der Waals surface area (Å²) in [5.41, 5.74) is 2.35. The zero-order valence-electron chi connectivity index (χ0n) is 18.1. The summed E-state index contributed by atoms with van der Waals surface area (Å²) < 4.78 is 12.3. The monoisotopic (exact) mass is 472 g/mol. The third kappa shape index (κ3) is 4.24. The number of hydrogen-bond acceptors (Lipinski definition) is 8. The van der Waals surface area contributed by atoms with Gasteiger partial charge in [0.15, 0.2) is 11.0 Å². The van der Waals surface area contributed by atoms with Gasteiger partial charge in [0, 0.05) is 11.4 Å². The molecule has 2 heterocycles. The summed E-state index contributed by atoms with van der Waals surface area (Å²) in [5.74, 6) is 0.942. The fourth-order valence-electron chi connectivity index (χ4n) is 3.81. The molecule has 32 heavy (non-hydrogen) atoms. The molecule has 0 radical (unpaired) electrons. The number of aryl methyl sites for hydroxylation is 1. The van der Waals surface area contributed by atoms with Gasteiger partial charge in [-0.25, -0.2) is 4.79 Å². The highest BCUT2D eigenvalue weighted by Gasteiger charge is 2.28. The molecule has 0 saturated heterocycles. The van der Waals surface area contributed by atoms with Crippen molar-refractivity contribution in [2.75, 3.05) is 25.3 Å². The van der Waals surface area contributed by atoms with Gasteiger partial charge in [-0.15, -0.1) is 21.5 Å². The number of methoxy groups -OCH3 is 2. The molecule has 3 aromatic rings. The van der Waals surface area contributed by atoms with E-state index < -0.39 is 5.97 Å². The molecule has 1 N–H and O–H groups in total. The van der Waals surface area contributed by atoms with E-state index >= 15 is 0 Å². The summed E-state index contributed by atoms with van der Waals surface area (Å²) in [6.07, 6.45) is 2.79. The number of thiophene rings is 1. The van der Waals surface area contributed by atoms with E-state index in [1.54, 1.807) is 7.11 Å². The van der Waals surface area contributed by atoms with Crippen LogP contribution in [-0.4, -0.2) is 46.6 Å². The Hall–Kier alpha value is -2.85. The Kier molecular flexibility index (Phi) is 6.80. The summed E-state index contributed by atoms with van der Waals surface area (Å²) in [5, 5.41) is 12.7. The molecule has 0 unspecified atom stereocenters. The molecule has 1 aromatic carbocycles. The van der Waals surface area contributed by atoms with E-state index in [1.165, 1.54) is 30.2 Å². The number of ether oxygens (including phenoxy) is 2. The second kappa shape index (κ2) is 9.74. The van der Waals surface area contributed by atoms with Gasteiger partial charge >= 0.3 is 5.97 Å². The van der Waals surface area contributed by atoms with Gasteiger partial charge in [0.1, 0.15) is 10.8 Å². The number of benzene rings is 1. The van der Waals surface area contributed by atoms with Gasteiger partial charge in [-0.1, -0.05) is 23.9 Å². The fraction of sp³-hybridized carbons (Fsp3) is 0.364. The minimum atomic E-state index is -0.403. The summed E-state index contributed by atoms with van der Waals surface area (Å²) in [7, 11) is 2.98. The Labute approximate surface area is 194 Å². The standard InChI is InChI=1S/C22H24N4O4S2/c1-4-26-19(13-8-5-6-10-15(13)29-2)24-25-22(26)31-12-17(27)23-20-18(21(28)30-3)14-9-7-11-16(14)32-20/h5-6,8,10H,4,7,9,11-12H2,1-3H3,(H,23,27). The van der Waals surface area contributed by atoms with Crippen molar-refractivity contribution in [2.24, 2.45) is 0 Å².